The fourth-order valence-electron chi connectivity index (χ4n) is 2.13. The summed E-state index contributed by atoms with van der Waals surface area (Å²) in [6.45, 7) is 2.12. The Balaban J connectivity index is 1.89. The van der Waals surface area contributed by atoms with E-state index in [1.165, 1.54) is 25.8 Å². The Labute approximate surface area is 102 Å². The van der Waals surface area contributed by atoms with Gasteiger partial charge in [0.15, 0.2) is 0 Å². The highest BCUT2D eigenvalue weighted by Gasteiger charge is 2.18. The van der Waals surface area contributed by atoms with Crippen LogP contribution in [0.3, 0.4) is 0 Å². The summed E-state index contributed by atoms with van der Waals surface area (Å²) < 4.78 is 0. The topological polar surface area (TPSA) is 28.2 Å². The van der Waals surface area contributed by atoms with Gasteiger partial charge in [0.2, 0.25) is 0 Å². The molecule has 1 aromatic rings. The third kappa shape index (κ3) is 2.86. The van der Waals surface area contributed by atoms with Gasteiger partial charge in [0.1, 0.15) is 5.82 Å². The molecule has 1 fully saturated rings. The van der Waals surface area contributed by atoms with Gasteiger partial charge >= 0.3 is 0 Å². The predicted octanol–water partition coefficient (Wildman–Crippen LogP) is 2.63. The molecular weight excluding hydrogens is 222 g/mol. The largest absolute Gasteiger partial charge is 0.367 e. The molecule has 0 amide bonds. The highest BCUT2D eigenvalue weighted by molar-refractivity contribution is 6.32. The van der Waals surface area contributed by atoms with Crippen molar-refractivity contribution in [3.63, 3.8) is 0 Å². The van der Waals surface area contributed by atoms with Gasteiger partial charge in [-0.15, -0.1) is 0 Å². The zero-order valence-corrected chi connectivity index (χ0v) is 10.4. The number of hydrogen-bond acceptors (Lipinski definition) is 3. The molecule has 1 aliphatic heterocycles. The third-order valence-electron chi connectivity index (χ3n) is 3.19. The summed E-state index contributed by atoms with van der Waals surface area (Å²) in [5.74, 6) is 0.795. The molecule has 3 nitrogen and oxygen atoms in total. The van der Waals surface area contributed by atoms with Crippen LogP contribution in [0.5, 0.6) is 0 Å². The Morgan fingerprint density at radius 3 is 3.19 bits per heavy atom. The molecule has 0 bridgehead atoms. The van der Waals surface area contributed by atoms with Gasteiger partial charge in [0, 0.05) is 18.8 Å². The SMILES string of the molecule is CN1CCCCC1CNc1ncccc1Cl. The van der Waals surface area contributed by atoms with Crippen molar-refractivity contribution in [2.45, 2.75) is 25.3 Å². The van der Waals surface area contributed by atoms with Gasteiger partial charge in [-0.25, -0.2) is 4.98 Å². The van der Waals surface area contributed by atoms with Crippen molar-refractivity contribution in [1.29, 1.82) is 0 Å². The van der Waals surface area contributed by atoms with Crippen LogP contribution in [-0.2, 0) is 0 Å². The van der Waals surface area contributed by atoms with Crippen molar-refractivity contribution in [2.75, 3.05) is 25.5 Å². The van der Waals surface area contributed by atoms with Gasteiger partial charge in [-0.3, -0.25) is 0 Å². The number of piperidine rings is 1. The molecule has 1 aromatic heterocycles. The maximum absolute atomic E-state index is 6.04. The second-order valence-corrected chi connectivity index (χ2v) is 4.75. The number of rotatable bonds is 3. The first-order chi connectivity index (χ1) is 7.77. The maximum atomic E-state index is 6.04. The molecule has 0 spiro atoms. The van der Waals surface area contributed by atoms with Crippen molar-refractivity contribution < 1.29 is 0 Å². The molecule has 16 heavy (non-hydrogen) atoms. The number of aromatic nitrogens is 1. The number of nitrogens with zero attached hydrogens (tertiary/aromatic N) is 2. The van der Waals surface area contributed by atoms with Crippen LogP contribution in [0.15, 0.2) is 18.3 Å². The normalized spacial score (nSPS) is 22.0. The van der Waals surface area contributed by atoms with Crippen LogP contribution in [0.4, 0.5) is 5.82 Å². The maximum Gasteiger partial charge on any atom is 0.144 e. The standard InChI is InChI=1S/C12H18ClN3/c1-16-8-3-2-5-10(16)9-15-12-11(13)6-4-7-14-12/h4,6-7,10H,2-3,5,8-9H2,1H3,(H,14,15). The van der Waals surface area contributed by atoms with Crippen LogP contribution in [0.2, 0.25) is 5.02 Å². The fraction of sp³-hybridized carbons (Fsp3) is 0.583. The summed E-state index contributed by atoms with van der Waals surface area (Å²) in [6.07, 6.45) is 5.66. The van der Waals surface area contributed by atoms with E-state index in [9.17, 15) is 0 Å². The molecule has 1 unspecified atom stereocenters. The van der Waals surface area contributed by atoms with E-state index in [2.05, 4.69) is 22.2 Å². The van der Waals surface area contributed by atoms with Crippen LogP contribution in [0.1, 0.15) is 19.3 Å². The van der Waals surface area contributed by atoms with Crippen LogP contribution >= 0.6 is 11.6 Å². The first kappa shape index (κ1) is 11.7. The summed E-state index contributed by atoms with van der Waals surface area (Å²) in [6, 6.07) is 4.31. The van der Waals surface area contributed by atoms with E-state index in [1.807, 2.05) is 12.1 Å². The molecule has 2 rings (SSSR count). The van der Waals surface area contributed by atoms with Crippen molar-refractivity contribution >= 4 is 17.4 Å². The molecule has 0 radical (unpaired) electrons. The minimum Gasteiger partial charge on any atom is -0.367 e. The highest BCUT2D eigenvalue weighted by atomic mass is 35.5. The fourth-order valence-corrected chi connectivity index (χ4v) is 2.32. The van der Waals surface area contributed by atoms with Crippen LogP contribution in [0, 0.1) is 0 Å². The lowest BCUT2D eigenvalue weighted by molar-refractivity contribution is 0.194. The Bertz CT molecular complexity index is 343. The van der Waals surface area contributed by atoms with Crippen LogP contribution < -0.4 is 5.32 Å². The van der Waals surface area contributed by atoms with E-state index < -0.39 is 0 Å². The first-order valence-electron chi connectivity index (χ1n) is 5.82. The molecule has 0 aliphatic carbocycles. The van der Waals surface area contributed by atoms with Gasteiger partial charge in [-0.05, 0) is 38.6 Å². The second kappa shape index (κ2) is 5.51. The van der Waals surface area contributed by atoms with Gasteiger partial charge < -0.3 is 10.2 Å². The summed E-state index contributed by atoms with van der Waals surface area (Å²) in [4.78, 5) is 6.64. The molecule has 1 atom stereocenters. The number of pyridine rings is 1. The van der Waals surface area contributed by atoms with E-state index in [-0.39, 0.29) is 0 Å². The van der Waals surface area contributed by atoms with Gasteiger partial charge in [-0.2, -0.15) is 0 Å². The van der Waals surface area contributed by atoms with Crippen molar-refractivity contribution in [3.05, 3.63) is 23.4 Å². The van der Waals surface area contributed by atoms with E-state index in [4.69, 9.17) is 11.6 Å². The van der Waals surface area contributed by atoms with Crippen molar-refractivity contribution in [3.8, 4) is 0 Å². The molecule has 0 saturated carbocycles. The van der Waals surface area contributed by atoms with E-state index in [1.54, 1.807) is 6.20 Å². The Morgan fingerprint density at radius 1 is 1.56 bits per heavy atom. The third-order valence-corrected chi connectivity index (χ3v) is 3.49. The molecule has 1 N–H and O–H groups in total. The molecular formula is C12H18ClN3. The quantitative estimate of drug-likeness (QED) is 0.879. The molecule has 2 heterocycles. The highest BCUT2D eigenvalue weighted by Crippen LogP contribution is 2.19. The van der Waals surface area contributed by atoms with Gasteiger partial charge in [0.05, 0.1) is 5.02 Å². The number of likely N-dealkylation sites (N-methyl/N-ethyl adjacent to an activating group) is 1. The number of anilines is 1. The molecule has 0 aromatic carbocycles. The molecule has 1 aliphatic rings. The molecule has 4 heteroatoms. The lowest BCUT2D eigenvalue weighted by Gasteiger charge is -2.32. The van der Waals surface area contributed by atoms with Crippen LogP contribution in [0.25, 0.3) is 0 Å². The Kier molecular flexibility index (Phi) is 4.02. The second-order valence-electron chi connectivity index (χ2n) is 4.34. The average Bonchev–Trinajstić information content (AvgIpc) is 2.30. The summed E-state index contributed by atoms with van der Waals surface area (Å²) >= 11 is 6.04. The van der Waals surface area contributed by atoms with E-state index in [0.29, 0.717) is 11.1 Å². The predicted molar refractivity (Wildman–Crippen MR) is 68.0 cm³/mol. The smallest absolute Gasteiger partial charge is 0.144 e. The lowest BCUT2D eigenvalue weighted by Crippen LogP contribution is -2.40. The van der Waals surface area contributed by atoms with Crippen molar-refractivity contribution in [1.82, 2.24) is 9.88 Å². The zero-order valence-electron chi connectivity index (χ0n) is 9.62. The van der Waals surface area contributed by atoms with Gasteiger partial charge in [0.25, 0.3) is 0 Å². The Morgan fingerprint density at radius 2 is 2.44 bits per heavy atom. The summed E-state index contributed by atoms with van der Waals surface area (Å²) in [5.41, 5.74) is 0. The Hall–Kier alpha value is -0.800. The minimum absolute atomic E-state index is 0.604. The van der Waals surface area contributed by atoms with E-state index in [0.717, 1.165) is 12.4 Å². The molecule has 88 valence electrons. The minimum atomic E-state index is 0.604. The van der Waals surface area contributed by atoms with Crippen LogP contribution in [-0.4, -0.2) is 36.1 Å². The lowest BCUT2D eigenvalue weighted by atomic mass is 10.0. The number of halogens is 1. The number of nitrogens with one attached hydrogen (secondary N) is 1. The number of hydrogen-bond donors (Lipinski definition) is 1. The zero-order chi connectivity index (χ0) is 11.4. The number of likely N-dealkylation sites (tertiary alicyclic amines) is 1. The van der Waals surface area contributed by atoms with Crippen molar-refractivity contribution in [2.24, 2.45) is 0 Å². The average molecular weight is 240 g/mol. The molecule has 1 saturated heterocycles. The monoisotopic (exact) mass is 239 g/mol. The van der Waals surface area contributed by atoms with E-state index >= 15 is 0 Å². The summed E-state index contributed by atoms with van der Waals surface area (Å²) in [5, 5.41) is 4.02. The first-order valence-corrected chi connectivity index (χ1v) is 6.20. The van der Waals surface area contributed by atoms with Gasteiger partial charge in [-0.1, -0.05) is 18.0 Å². The summed E-state index contributed by atoms with van der Waals surface area (Å²) in [7, 11) is 2.19.